The number of halogens is 15. The van der Waals surface area contributed by atoms with Crippen LogP contribution in [-0.4, -0.2) is 24.5 Å². The molecule has 0 bridgehead atoms. The lowest BCUT2D eigenvalue weighted by Crippen LogP contribution is -2.59. The summed E-state index contributed by atoms with van der Waals surface area (Å²) in [6.07, 6.45) is -20.7. The normalized spacial score (nSPS) is 17.0. The van der Waals surface area contributed by atoms with Crippen molar-refractivity contribution in [2.24, 2.45) is 0 Å². The van der Waals surface area contributed by atoms with Gasteiger partial charge in [0, 0.05) is 21.7 Å². The summed E-state index contributed by atoms with van der Waals surface area (Å²) < 4.78 is 178. The van der Waals surface area contributed by atoms with E-state index in [1.54, 1.807) is 0 Å². The number of rotatable bonds is 3. The zero-order valence-electron chi connectivity index (χ0n) is 11.8. The molecule has 0 N–H and O–H groups in total. The van der Waals surface area contributed by atoms with E-state index < -0.39 is 63.8 Å². The molecule has 27 heavy (non-hydrogen) atoms. The predicted molar refractivity (Wildman–Crippen MR) is 62.8 cm³/mol. The molecule has 1 aromatic carbocycles. The maximum absolute atomic E-state index is 14.2. The highest BCUT2D eigenvalue weighted by atomic mass is 79.9. The minimum Gasteiger partial charge on any atom is -0.221 e. The van der Waals surface area contributed by atoms with E-state index in [0.29, 0.717) is 0 Å². The summed E-state index contributed by atoms with van der Waals surface area (Å²) in [7, 11) is 0. The lowest BCUT2D eigenvalue weighted by Gasteiger charge is -2.36. The van der Waals surface area contributed by atoms with E-state index in [4.69, 9.17) is 0 Å². The molecule has 0 aromatic heterocycles. The molecule has 0 spiro atoms. The molecule has 0 heterocycles. The molecule has 0 amide bonds. The molecular formula is C12H2BrF14. The van der Waals surface area contributed by atoms with Crippen molar-refractivity contribution in [2.45, 2.75) is 36.0 Å². The van der Waals surface area contributed by atoms with Gasteiger partial charge in [-0.15, -0.1) is 0 Å². The molecule has 1 aromatic rings. The van der Waals surface area contributed by atoms with Crippen LogP contribution >= 0.6 is 15.9 Å². The Morgan fingerprint density at radius 2 is 1.07 bits per heavy atom. The number of hydrogen-bond donors (Lipinski definition) is 0. The summed E-state index contributed by atoms with van der Waals surface area (Å²) in [4.78, 5) is 0. The molecule has 0 nitrogen and oxygen atoms in total. The Morgan fingerprint density at radius 1 is 0.630 bits per heavy atom. The fourth-order valence-electron chi connectivity index (χ4n) is 1.77. The van der Waals surface area contributed by atoms with Crippen LogP contribution in [0.1, 0.15) is 11.1 Å². The smallest absolute Gasteiger partial charge is 0.221 e. The van der Waals surface area contributed by atoms with Gasteiger partial charge in [-0.25, -0.2) is 4.39 Å². The Kier molecular flexibility index (Phi) is 5.61. The highest BCUT2D eigenvalue weighted by molar-refractivity contribution is 9.10. The van der Waals surface area contributed by atoms with Crippen molar-refractivity contribution in [3.63, 3.8) is 0 Å². The first-order valence-electron chi connectivity index (χ1n) is 5.99. The third-order valence-electron chi connectivity index (χ3n) is 3.11. The lowest BCUT2D eigenvalue weighted by molar-refractivity contribution is -0.389. The van der Waals surface area contributed by atoms with E-state index in [1.807, 2.05) is 15.9 Å². The van der Waals surface area contributed by atoms with Crippen LogP contribution in [0.2, 0.25) is 0 Å². The largest absolute Gasteiger partial charge is 0.458 e. The van der Waals surface area contributed by atoms with Gasteiger partial charge in [0.2, 0.25) is 0 Å². The summed E-state index contributed by atoms with van der Waals surface area (Å²) >= 11 is 2.03. The molecule has 155 valence electrons. The second-order valence-electron chi connectivity index (χ2n) is 4.93. The first-order valence-corrected chi connectivity index (χ1v) is 6.78. The van der Waals surface area contributed by atoms with Gasteiger partial charge in [0.1, 0.15) is 0 Å². The molecule has 0 aliphatic heterocycles. The van der Waals surface area contributed by atoms with Gasteiger partial charge in [-0.05, 0) is 12.1 Å². The number of hydrogen-bond acceptors (Lipinski definition) is 0. The van der Waals surface area contributed by atoms with Crippen molar-refractivity contribution in [3.8, 4) is 0 Å². The fourth-order valence-corrected chi connectivity index (χ4v) is 2.23. The van der Waals surface area contributed by atoms with Crippen LogP contribution in [0.3, 0.4) is 0 Å². The van der Waals surface area contributed by atoms with Crippen LogP contribution < -0.4 is 0 Å². The van der Waals surface area contributed by atoms with E-state index in [2.05, 4.69) is 0 Å². The molecule has 0 aliphatic rings. The van der Waals surface area contributed by atoms with Gasteiger partial charge in [0.25, 0.3) is 0 Å². The zero-order valence-corrected chi connectivity index (χ0v) is 13.4. The standard InChI is InChI=1S/C12H2BrF14/c13-6-2-4(1-5(3-6)8(15,16)11(22,23)24)7(14,10(19,20)21)9(17,18)12(25,26)27/h1-2H. The van der Waals surface area contributed by atoms with Crippen molar-refractivity contribution in [2.75, 3.05) is 0 Å². The first kappa shape index (κ1) is 23.8. The van der Waals surface area contributed by atoms with Crippen LogP contribution in [-0.2, 0) is 11.6 Å². The Morgan fingerprint density at radius 3 is 1.41 bits per heavy atom. The van der Waals surface area contributed by atoms with Gasteiger partial charge in [-0.2, -0.15) is 57.1 Å². The third-order valence-corrected chi connectivity index (χ3v) is 3.53. The van der Waals surface area contributed by atoms with Crippen molar-refractivity contribution < 1.29 is 61.5 Å². The lowest BCUT2D eigenvalue weighted by atomic mass is 9.86. The van der Waals surface area contributed by atoms with Gasteiger partial charge in [-0.1, -0.05) is 15.9 Å². The molecule has 0 aliphatic carbocycles. The Labute approximate surface area is 148 Å². The van der Waals surface area contributed by atoms with E-state index in [1.165, 1.54) is 0 Å². The molecule has 0 fully saturated rings. The second kappa shape index (κ2) is 6.37. The molecular weight excluding hydrogens is 490 g/mol. The summed E-state index contributed by atoms with van der Waals surface area (Å²) in [5, 5.41) is 0. The summed E-state index contributed by atoms with van der Waals surface area (Å²) in [6.45, 7) is 0. The molecule has 1 unspecified atom stereocenters. The van der Waals surface area contributed by atoms with Crippen LogP contribution in [0.4, 0.5) is 61.5 Å². The summed E-state index contributed by atoms with van der Waals surface area (Å²) in [5.41, 5.74) is -12.1. The topological polar surface area (TPSA) is 0 Å². The van der Waals surface area contributed by atoms with E-state index in [-0.39, 0.29) is 0 Å². The van der Waals surface area contributed by atoms with E-state index in [0.717, 1.165) is 6.07 Å². The van der Waals surface area contributed by atoms with Crippen molar-refractivity contribution >= 4 is 15.9 Å². The maximum Gasteiger partial charge on any atom is 0.458 e. The maximum atomic E-state index is 14.2. The summed E-state index contributed by atoms with van der Waals surface area (Å²) in [6, 6.07) is -0.480. The molecule has 0 saturated heterocycles. The Balaban J connectivity index is 3.89. The monoisotopic (exact) mass is 491 g/mol. The first-order chi connectivity index (χ1) is 11.6. The van der Waals surface area contributed by atoms with Crippen LogP contribution in [0.15, 0.2) is 16.6 Å². The van der Waals surface area contributed by atoms with Gasteiger partial charge in [-0.3, -0.25) is 0 Å². The highest BCUT2D eigenvalue weighted by Crippen LogP contribution is 2.59. The molecule has 0 saturated carbocycles. The second-order valence-corrected chi connectivity index (χ2v) is 5.79. The average molecular weight is 492 g/mol. The quantitative estimate of drug-likeness (QED) is 0.406. The van der Waals surface area contributed by atoms with Crippen molar-refractivity contribution in [3.05, 3.63) is 33.8 Å². The molecule has 15 heteroatoms. The van der Waals surface area contributed by atoms with Crippen LogP contribution in [0.25, 0.3) is 0 Å². The van der Waals surface area contributed by atoms with Crippen LogP contribution in [0, 0.1) is 6.07 Å². The fraction of sp³-hybridized carbons (Fsp3) is 0.500. The summed E-state index contributed by atoms with van der Waals surface area (Å²) in [5.74, 6) is -13.3. The van der Waals surface area contributed by atoms with Crippen LogP contribution in [0.5, 0.6) is 0 Å². The van der Waals surface area contributed by atoms with Crippen molar-refractivity contribution in [1.82, 2.24) is 0 Å². The minimum atomic E-state index is -7.23. The molecule has 1 radical (unpaired) electrons. The SMILES string of the molecule is FC(F)(F)C(F)(F)c1[c]c(Br)cc(C(F)(C(F)(F)F)C(F)(F)C(F)(F)F)c1. The molecule has 1 atom stereocenters. The van der Waals surface area contributed by atoms with Gasteiger partial charge >= 0.3 is 36.0 Å². The number of benzene rings is 1. The third kappa shape index (κ3) is 3.70. The number of alkyl halides is 14. The Hall–Kier alpha value is -1.28. The highest BCUT2D eigenvalue weighted by Gasteiger charge is 2.82. The van der Waals surface area contributed by atoms with E-state index in [9.17, 15) is 61.5 Å². The van der Waals surface area contributed by atoms with Gasteiger partial charge in [0.05, 0.1) is 0 Å². The van der Waals surface area contributed by atoms with Gasteiger partial charge < -0.3 is 0 Å². The molecule has 1 rings (SSSR count). The van der Waals surface area contributed by atoms with Gasteiger partial charge in [0.15, 0.2) is 0 Å². The van der Waals surface area contributed by atoms with Crippen molar-refractivity contribution in [1.29, 1.82) is 0 Å². The van der Waals surface area contributed by atoms with E-state index >= 15 is 0 Å². The Bertz CT molecular complexity index is 698. The minimum absolute atomic E-state index is 0.469. The zero-order chi connectivity index (χ0) is 21.9. The average Bonchev–Trinajstić information content (AvgIpc) is 2.41. The predicted octanol–water partition coefficient (Wildman–Crippen LogP) is 6.83.